The average Bonchev–Trinajstić information content (AvgIpc) is 2.79. The number of nitrogens with zero attached hydrogens (tertiary/aromatic N) is 2. The van der Waals surface area contributed by atoms with Gasteiger partial charge in [-0.15, -0.1) is 0 Å². The van der Waals surface area contributed by atoms with Crippen molar-refractivity contribution in [3.63, 3.8) is 0 Å². The van der Waals surface area contributed by atoms with Crippen LogP contribution in [0.2, 0.25) is 0 Å². The molecule has 0 amide bonds. The van der Waals surface area contributed by atoms with Crippen molar-refractivity contribution in [1.82, 2.24) is 4.90 Å². The van der Waals surface area contributed by atoms with Crippen LogP contribution in [0.15, 0.2) is 22.7 Å². The van der Waals surface area contributed by atoms with Crippen LogP contribution in [0.5, 0.6) is 0 Å². The van der Waals surface area contributed by atoms with Gasteiger partial charge in [-0.2, -0.15) is 0 Å². The van der Waals surface area contributed by atoms with Gasteiger partial charge < -0.3 is 4.90 Å². The molecule has 0 aliphatic carbocycles. The number of halogens is 1. The Morgan fingerprint density at radius 2 is 2.12 bits per heavy atom. The van der Waals surface area contributed by atoms with Crippen LogP contribution in [0.4, 0.5) is 5.69 Å². The lowest BCUT2D eigenvalue weighted by Crippen LogP contribution is -2.50. The van der Waals surface area contributed by atoms with Gasteiger partial charge in [0.25, 0.3) is 0 Å². The van der Waals surface area contributed by atoms with Crippen LogP contribution in [0.25, 0.3) is 0 Å². The van der Waals surface area contributed by atoms with Crippen molar-refractivity contribution in [3.05, 3.63) is 28.2 Å². The predicted octanol–water partition coefficient (Wildman–Crippen LogP) is 3.04. The van der Waals surface area contributed by atoms with E-state index in [9.17, 15) is 0 Å². The molecule has 2 aliphatic heterocycles. The summed E-state index contributed by atoms with van der Waals surface area (Å²) in [4.78, 5) is 5.20. The monoisotopic (exact) mass is 294 g/mol. The van der Waals surface area contributed by atoms with Crippen molar-refractivity contribution in [2.45, 2.75) is 25.8 Å². The fourth-order valence-corrected chi connectivity index (χ4v) is 3.60. The van der Waals surface area contributed by atoms with Gasteiger partial charge in [-0.3, -0.25) is 4.90 Å². The minimum absolute atomic E-state index is 0.788. The molecule has 2 fully saturated rings. The predicted molar refractivity (Wildman–Crippen MR) is 75.7 cm³/mol. The van der Waals surface area contributed by atoms with Crippen molar-refractivity contribution in [2.24, 2.45) is 0 Å². The second-order valence-corrected chi connectivity index (χ2v) is 5.98. The minimum Gasteiger partial charge on any atom is -0.368 e. The molecule has 0 N–H and O–H groups in total. The summed E-state index contributed by atoms with van der Waals surface area (Å²) in [6.07, 6.45) is 2.76. The zero-order valence-electron chi connectivity index (χ0n) is 10.3. The third kappa shape index (κ3) is 2.11. The molecule has 0 saturated carbocycles. The number of fused-ring (bicyclic) bond motifs is 1. The number of hydrogen-bond acceptors (Lipinski definition) is 2. The summed E-state index contributed by atoms with van der Waals surface area (Å²) in [5.41, 5.74) is 2.70. The van der Waals surface area contributed by atoms with E-state index >= 15 is 0 Å². The molecule has 2 saturated heterocycles. The first-order valence-corrected chi connectivity index (χ1v) is 7.29. The lowest BCUT2D eigenvalue weighted by Gasteiger charge is -2.39. The van der Waals surface area contributed by atoms with E-state index in [1.807, 2.05) is 0 Å². The van der Waals surface area contributed by atoms with Gasteiger partial charge in [0.15, 0.2) is 0 Å². The molecule has 1 aromatic carbocycles. The molecule has 3 heteroatoms. The highest BCUT2D eigenvalue weighted by Gasteiger charge is 2.31. The SMILES string of the molecule is Cc1cccc(N2CCN3CCCC3C2)c1Br. The van der Waals surface area contributed by atoms with Crippen molar-refractivity contribution in [3.8, 4) is 0 Å². The van der Waals surface area contributed by atoms with Gasteiger partial charge in [-0.25, -0.2) is 0 Å². The molecule has 17 heavy (non-hydrogen) atoms. The van der Waals surface area contributed by atoms with E-state index in [1.165, 1.54) is 54.7 Å². The Labute approximate surface area is 112 Å². The first-order chi connectivity index (χ1) is 8.25. The Morgan fingerprint density at radius 1 is 1.24 bits per heavy atom. The topological polar surface area (TPSA) is 6.48 Å². The maximum absolute atomic E-state index is 3.73. The van der Waals surface area contributed by atoms with Crippen molar-refractivity contribution in [2.75, 3.05) is 31.1 Å². The van der Waals surface area contributed by atoms with Crippen LogP contribution >= 0.6 is 15.9 Å². The third-order valence-electron chi connectivity index (χ3n) is 4.10. The molecular weight excluding hydrogens is 276 g/mol. The summed E-state index contributed by atoms with van der Waals surface area (Å²) in [6, 6.07) is 7.36. The molecule has 2 aliphatic rings. The fourth-order valence-electron chi connectivity index (χ4n) is 3.09. The third-order valence-corrected chi connectivity index (χ3v) is 5.13. The standard InChI is InChI=1S/C14H19BrN2/c1-11-4-2-6-13(14(11)15)17-9-8-16-7-3-5-12(16)10-17/h2,4,6,12H,3,5,7-10H2,1H3. The molecule has 0 radical (unpaired) electrons. The van der Waals surface area contributed by atoms with Crippen LogP contribution in [0.1, 0.15) is 18.4 Å². The maximum Gasteiger partial charge on any atom is 0.0514 e. The Bertz CT molecular complexity index is 419. The summed E-state index contributed by atoms with van der Waals surface area (Å²) >= 11 is 3.73. The number of piperazine rings is 1. The van der Waals surface area contributed by atoms with Gasteiger partial charge in [0.1, 0.15) is 0 Å². The number of benzene rings is 1. The second kappa shape index (κ2) is 4.62. The van der Waals surface area contributed by atoms with Crippen LogP contribution in [-0.2, 0) is 0 Å². The fraction of sp³-hybridized carbons (Fsp3) is 0.571. The van der Waals surface area contributed by atoms with E-state index in [-0.39, 0.29) is 0 Å². The van der Waals surface area contributed by atoms with Crippen LogP contribution < -0.4 is 4.90 Å². The quantitative estimate of drug-likeness (QED) is 0.786. The number of rotatable bonds is 1. The Morgan fingerprint density at radius 3 is 3.00 bits per heavy atom. The molecule has 92 valence electrons. The summed E-state index contributed by atoms with van der Waals surface area (Å²) < 4.78 is 1.27. The van der Waals surface area contributed by atoms with E-state index in [4.69, 9.17) is 0 Å². The molecule has 0 spiro atoms. The Hall–Kier alpha value is -0.540. The molecule has 1 atom stereocenters. The van der Waals surface area contributed by atoms with Gasteiger partial charge in [0.2, 0.25) is 0 Å². The van der Waals surface area contributed by atoms with E-state index in [0.29, 0.717) is 0 Å². The van der Waals surface area contributed by atoms with E-state index in [2.05, 4.69) is 50.9 Å². The first kappa shape index (κ1) is 11.5. The van der Waals surface area contributed by atoms with Crippen molar-refractivity contribution in [1.29, 1.82) is 0 Å². The van der Waals surface area contributed by atoms with E-state index in [0.717, 1.165) is 6.04 Å². The Balaban J connectivity index is 1.82. The minimum atomic E-state index is 0.788. The highest BCUT2D eigenvalue weighted by molar-refractivity contribution is 9.10. The normalized spacial score (nSPS) is 25.1. The van der Waals surface area contributed by atoms with Crippen LogP contribution in [-0.4, -0.2) is 37.1 Å². The largest absolute Gasteiger partial charge is 0.368 e. The van der Waals surface area contributed by atoms with Crippen molar-refractivity contribution < 1.29 is 0 Å². The molecule has 2 heterocycles. The molecule has 0 bridgehead atoms. The highest BCUT2D eigenvalue weighted by atomic mass is 79.9. The lowest BCUT2D eigenvalue weighted by atomic mass is 10.1. The van der Waals surface area contributed by atoms with Crippen LogP contribution in [0.3, 0.4) is 0 Å². The first-order valence-electron chi connectivity index (χ1n) is 6.50. The highest BCUT2D eigenvalue weighted by Crippen LogP contribution is 2.32. The van der Waals surface area contributed by atoms with Gasteiger partial charge in [0, 0.05) is 30.1 Å². The summed E-state index contributed by atoms with van der Waals surface area (Å²) in [5.74, 6) is 0. The van der Waals surface area contributed by atoms with E-state index < -0.39 is 0 Å². The summed E-state index contributed by atoms with van der Waals surface area (Å²) in [6.45, 7) is 7.07. The molecule has 3 rings (SSSR count). The maximum atomic E-state index is 3.73. The van der Waals surface area contributed by atoms with Gasteiger partial charge in [-0.1, -0.05) is 12.1 Å². The number of anilines is 1. The molecule has 2 nitrogen and oxygen atoms in total. The van der Waals surface area contributed by atoms with E-state index in [1.54, 1.807) is 0 Å². The molecule has 0 aromatic heterocycles. The average molecular weight is 295 g/mol. The number of hydrogen-bond donors (Lipinski definition) is 0. The molecule has 1 aromatic rings. The van der Waals surface area contributed by atoms with Gasteiger partial charge >= 0.3 is 0 Å². The smallest absolute Gasteiger partial charge is 0.0514 e. The van der Waals surface area contributed by atoms with Crippen molar-refractivity contribution >= 4 is 21.6 Å². The summed E-state index contributed by atoms with van der Waals surface area (Å²) in [7, 11) is 0. The van der Waals surface area contributed by atoms with Gasteiger partial charge in [0.05, 0.1) is 5.69 Å². The lowest BCUT2D eigenvalue weighted by molar-refractivity contribution is 0.231. The second-order valence-electron chi connectivity index (χ2n) is 5.19. The Kier molecular flexibility index (Phi) is 3.14. The zero-order chi connectivity index (χ0) is 11.8. The molecule has 1 unspecified atom stereocenters. The van der Waals surface area contributed by atoms with Gasteiger partial charge in [-0.05, 0) is 53.9 Å². The molecular formula is C14H19BrN2. The van der Waals surface area contributed by atoms with Crippen LogP contribution in [0, 0.1) is 6.92 Å². The zero-order valence-corrected chi connectivity index (χ0v) is 11.9. The number of aryl methyl sites for hydroxylation is 1. The summed E-state index contributed by atoms with van der Waals surface area (Å²) in [5, 5.41) is 0.